The Hall–Kier alpha value is -1.50. The first-order valence-corrected chi connectivity index (χ1v) is 9.64. The molecule has 2 atom stereocenters. The van der Waals surface area contributed by atoms with Gasteiger partial charge in [-0.25, -0.2) is 9.97 Å². The first kappa shape index (κ1) is 16.0. The van der Waals surface area contributed by atoms with Crippen LogP contribution in [0.3, 0.4) is 0 Å². The van der Waals surface area contributed by atoms with E-state index in [2.05, 4.69) is 37.0 Å². The maximum absolute atomic E-state index is 6.06. The predicted molar refractivity (Wildman–Crippen MR) is 96.1 cm³/mol. The van der Waals surface area contributed by atoms with E-state index in [1.54, 1.807) is 23.7 Å². The third kappa shape index (κ3) is 3.45. The minimum absolute atomic E-state index is 0.274. The molecule has 24 heavy (non-hydrogen) atoms. The third-order valence-corrected chi connectivity index (χ3v) is 6.04. The van der Waals surface area contributed by atoms with Crippen LogP contribution < -0.4 is 5.32 Å². The molecule has 2 saturated heterocycles. The molecule has 0 unspecified atom stereocenters. The van der Waals surface area contributed by atoms with Gasteiger partial charge in [0, 0.05) is 50.6 Å². The van der Waals surface area contributed by atoms with Gasteiger partial charge in [-0.3, -0.25) is 4.90 Å². The van der Waals surface area contributed by atoms with Gasteiger partial charge in [0.15, 0.2) is 0 Å². The number of nitrogens with one attached hydrogen (secondary N) is 1. The van der Waals surface area contributed by atoms with Gasteiger partial charge < -0.3 is 10.1 Å². The van der Waals surface area contributed by atoms with Gasteiger partial charge in [0.2, 0.25) is 5.95 Å². The molecular weight excluding hydrogens is 320 g/mol. The van der Waals surface area contributed by atoms with E-state index in [1.165, 1.54) is 5.56 Å². The van der Waals surface area contributed by atoms with E-state index in [4.69, 9.17) is 4.74 Å². The fourth-order valence-corrected chi connectivity index (χ4v) is 4.75. The minimum Gasteiger partial charge on any atom is -0.378 e. The molecule has 1 N–H and O–H groups in total. The van der Waals surface area contributed by atoms with E-state index in [0.717, 1.165) is 58.0 Å². The molecule has 0 radical (unpaired) electrons. The summed E-state index contributed by atoms with van der Waals surface area (Å²) in [6.45, 7) is 5.13. The Morgan fingerprint density at radius 3 is 3.12 bits per heavy atom. The standard InChI is InChI=1S/C18H24N4OS/c1-6-19-17(20-7-1)21-8-4-18-5-10-23-16(18)2-9-22(14-18)12-15-3-11-24-13-15/h1,3,6-7,11,13,16H,2,4-5,8-10,12,14H2,(H,19,20,21)/t16-,18+/m1/s1. The number of hydrogen-bond donors (Lipinski definition) is 1. The van der Waals surface area contributed by atoms with Crippen LogP contribution in [0.15, 0.2) is 35.3 Å². The van der Waals surface area contributed by atoms with Crippen molar-refractivity contribution in [1.82, 2.24) is 14.9 Å². The number of hydrogen-bond acceptors (Lipinski definition) is 6. The zero-order valence-electron chi connectivity index (χ0n) is 13.9. The number of nitrogens with zero attached hydrogens (tertiary/aromatic N) is 3. The van der Waals surface area contributed by atoms with Crippen LogP contribution in [0.1, 0.15) is 24.8 Å². The second-order valence-electron chi connectivity index (χ2n) is 6.85. The molecule has 6 heteroatoms. The number of rotatable bonds is 6. The monoisotopic (exact) mass is 344 g/mol. The summed E-state index contributed by atoms with van der Waals surface area (Å²) in [5.74, 6) is 0.718. The Balaban J connectivity index is 1.38. The van der Waals surface area contributed by atoms with Gasteiger partial charge >= 0.3 is 0 Å². The second kappa shape index (κ2) is 7.17. The topological polar surface area (TPSA) is 50.3 Å². The Morgan fingerprint density at radius 2 is 2.29 bits per heavy atom. The summed E-state index contributed by atoms with van der Waals surface area (Å²) in [7, 11) is 0. The number of piperidine rings is 1. The van der Waals surface area contributed by atoms with Crippen LogP contribution in [0.25, 0.3) is 0 Å². The molecule has 2 aromatic heterocycles. The summed E-state index contributed by atoms with van der Waals surface area (Å²) in [5.41, 5.74) is 1.71. The molecule has 0 aliphatic carbocycles. The maximum atomic E-state index is 6.06. The number of anilines is 1. The van der Waals surface area contributed by atoms with Gasteiger partial charge in [-0.05, 0) is 47.7 Å². The fourth-order valence-electron chi connectivity index (χ4n) is 4.09. The van der Waals surface area contributed by atoms with Crippen molar-refractivity contribution in [3.63, 3.8) is 0 Å². The lowest BCUT2D eigenvalue weighted by Crippen LogP contribution is -2.49. The molecule has 0 aromatic carbocycles. The van der Waals surface area contributed by atoms with Crippen molar-refractivity contribution < 1.29 is 4.74 Å². The van der Waals surface area contributed by atoms with E-state index in [1.807, 2.05) is 6.07 Å². The highest BCUT2D eigenvalue weighted by atomic mass is 32.1. The molecular formula is C18H24N4OS. The van der Waals surface area contributed by atoms with Crippen LogP contribution in [-0.2, 0) is 11.3 Å². The summed E-state index contributed by atoms with van der Waals surface area (Å²) < 4.78 is 6.06. The molecule has 4 rings (SSSR count). The quantitative estimate of drug-likeness (QED) is 0.873. The fraction of sp³-hybridized carbons (Fsp3) is 0.556. The van der Waals surface area contributed by atoms with Gasteiger partial charge in [-0.1, -0.05) is 0 Å². The van der Waals surface area contributed by atoms with Crippen molar-refractivity contribution in [2.24, 2.45) is 5.41 Å². The molecule has 0 saturated carbocycles. The first-order valence-electron chi connectivity index (χ1n) is 8.70. The normalized spacial score (nSPS) is 27.1. The van der Waals surface area contributed by atoms with Crippen LogP contribution >= 0.6 is 11.3 Å². The molecule has 2 fully saturated rings. The lowest BCUT2D eigenvalue weighted by atomic mass is 9.74. The van der Waals surface area contributed by atoms with Gasteiger partial charge in [-0.2, -0.15) is 11.3 Å². The smallest absolute Gasteiger partial charge is 0.222 e. The number of aromatic nitrogens is 2. The summed E-state index contributed by atoms with van der Waals surface area (Å²) in [5, 5.41) is 7.79. The summed E-state index contributed by atoms with van der Waals surface area (Å²) >= 11 is 1.78. The zero-order valence-corrected chi connectivity index (χ0v) is 14.7. The highest BCUT2D eigenvalue weighted by molar-refractivity contribution is 7.07. The zero-order chi connectivity index (χ0) is 16.2. The van der Waals surface area contributed by atoms with Gasteiger partial charge in [0.05, 0.1) is 6.10 Å². The van der Waals surface area contributed by atoms with Crippen molar-refractivity contribution in [2.45, 2.75) is 31.9 Å². The van der Waals surface area contributed by atoms with Gasteiger partial charge in [0.25, 0.3) is 0 Å². The average molecular weight is 344 g/mol. The highest BCUT2D eigenvalue weighted by Gasteiger charge is 2.47. The lowest BCUT2D eigenvalue weighted by molar-refractivity contribution is -0.0228. The van der Waals surface area contributed by atoms with Crippen molar-refractivity contribution in [3.05, 3.63) is 40.8 Å². The summed E-state index contributed by atoms with van der Waals surface area (Å²) in [6.07, 6.45) is 7.38. The predicted octanol–water partition coefficient (Wildman–Crippen LogP) is 3.02. The van der Waals surface area contributed by atoms with E-state index in [9.17, 15) is 0 Å². The number of fused-ring (bicyclic) bond motifs is 1. The Bertz CT molecular complexity index is 636. The molecule has 0 amide bonds. The van der Waals surface area contributed by atoms with E-state index >= 15 is 0 Å². The first-order chi connectivity index (χ1) is 11.8. The number of thiophene rings is 1. The largest absolute Gasteiger partial charge is 0.378 e. The number of ether oxygens (including phenoxy) is 1. The molecule has 2 aliphatic heterocycles. The molecule has 4 heterocycles. The Morgan fingerprint density at radius 1 is 1.38 bits per heavy atom. The van der Waals surface area contributed by atoms with Crippen LogP contribution in [0, 0.1) is 5.41 Å². The molecule has 0 spiro atoms. The Kier molecular flexibility index (Phi) is 4.78. The summed E-state index contributed by atoms with van der Waals surface area (Å²) in [4.78, 5) is 11.1. The van der Waals surface area contributed by atoms with Crippen molar-refractivity contribution in [2.75, 3.05) is 31.6 Å². The van der Waals surface area contributed by atoms with Crippen LogP contribution in [0.2, 0.25) is 0 Å². The molecule has 5 nitrogen and oxygen atoms in total. The molecule has 128 valence electrons. The lowest BCUT2D eigenvalue weighted by Gasteiger charge is -2.44. The molecule has 0 bridgehead atoms. The third-order valence-electron chi connectivity index (χ3n) is 5.31. The van der Waals surface area contributed by atoms with E-state index in [0.29, 0.717) is 6.10 Å². The Labute approximate surface area is 147 Å². The van der Waals surface area contributed by atoms with Crippen LogP contribution in [0.4, 0.5) is 5.95 Å². The van der Waals surface area contributed by atoms with Gasteiger partial charge in [0.1, 0.15) is 0 Å². The SMILES string of the molecule is c1cnc(NCC[C@@]23CCO[C@@H]2CCN(Cc2ccsc2)C3)nc1. The minimum atomic E-state index is 0.274. The second-order valence-corrected chi connectivity index (χ2v) is 7.63. The highest BCUT2D eigenvalue weighted by Crippen LogP contribution is 2.43. The van der Waals surface area contributed by atoms with Crippen molar-refractivity contribution >= 4 is 17.3 Å². The van der Waals surface area contributed by atoms with Crippen molar-refractivity contribution in [3.8, 4) is 0 Å². The van der Waals surface area contributed by atoms with Crippen molar-refractivity contribution in [1.29, 1.82) is 0 Å². The van der Waals surface area contributed by atoms with E-state index in [-0.39, 0.29) is 5.41 Å². The molecule has 2 aliphatic rings. The molecule has 2 aromatic rings. The van der Waals surface area contributed by atoms with Gasteiger partial charge in [-0.15, -0.1) is 0 Å². The average Bonchev–Trinajstić information content (AvgIpc) is 3.25. The maximum Gasteiger partial charge on any atom is 0.222 e. The van der Waals surface area contributed by atoms with E-state index < -0.39 is 0 Å². The number of likely N-dealkylation sites (tertiary alicyclic amines) is 1. The van der Waals surface area contributed by atoms with Crippen LogP contribution in [-0.4, -0.2) is 47.2 Å². The summed E-state index contributed by atoms with van der Waals surface area (Å²) in [6, 6.07) is 4.08. The van der Waals surface area contributed by atoms with Crippen LogP contribution in [0.5, 0.6) is 0 Å².